The van der Waals surface area contributed by atoms with E-state index in [1.165, 1.54) is 0 Å². The van der Waals surface area contributed by atoms with Crippen LogP contribution in [0.4, 0.5) is 0 Å². The summed E-state index contributed by atoms with van der Waals surface area (Å²) in [6.07, 6.45) is 2.33. The number of carbonyl (C=O) groups is 1. The highest BCUT2D eigenvalue weighted by atomic mass is 32.2. The van der Waals surface area contributed by atoms with Crippen LogP contribution in [0.15, 0.2) is 30.3 Å². The van der Waals surface area contributed by atoms with Gasteiger partial charge in [0, 0.05) is 0 Å². The lowest BCUT2D eigenvalue weighted by atomic mass is 10.1. The lowest BCUT2D eigenvalue weighted by Crippen LogP contribution is -2.44. The van der Waals surface area contributed by atoms with Gasteiger partial charge < -0.3 is 5.73 Å². The topological polar surface area (TPSA) is 89.3 Å². The highest BCUT2D eigenvalue weighted by Gasteiger charge is 2.37. The van der Waals surface area contributed by atoms with Gasteiger partial charge in [-0.2, -0.15) is 0 Å². The van der Waals surface area contributed by atoms with Crippen molar-refractivity contribution in [1.29, 1.82) is 0 Å². The van der Waals surface area contributed by atoms with Crippen molar-refractivity contribution in [3.05, 3.63) is 35.9 Å². The Morgan fingerprint density at radius 3 is 2.53 bits per heavy atom. The Balaban J connectivity index is 1.82. The number of rotatable bonds is 6. The van der Waals surface area contributed by atoms with Gasteiger partial charge in [-0.1, -0.05) is 30.3 Å². The van der Waals surface area contributed by atoms with Crippen molar-refractivity contribution < 1.29 is 13.2 Å². The second-order valence-electron chi connectivity index (χ2n) is 4.84. The van der Waals surface area contributed by atoms with Crippen molar-refractivity contribution >= 4 is 15.9 Å². The van der Waals surface area contributed by atoms with Gasteiger partial charge in [0.2, 0.25) is 15.9 Å². The molecular formula is C13H18N2O3S. The summed E-state index contributed by atoms with van der Waals surface area (Å²) in [5.41, 5.74) is 6.80. The lowest BCUT2D eigenvalue weighted by Gasteiger charge is -2.12. The molecule has 0 spiro atoms. The van der Waals surface area contributed by atoms with Crippen molar-refractivity contribution in [3.8, 4) is 0 Å². The number of hydrogen-bond donors (Lipinski definition) is 2. The molecule has 1 aliphatic carbocycles. The largest absolute Gasteiger partial charge is 0.320 e. The molecule has 1 fully saturated rings. The van der Waals surface area contributed by atoms with Crippen molar-refractivity contribution in [1.82, 2.24) is 4.72 Å². The van der Waals surface area contributed by atoms with E-state index in [2.05, 4.69) is 4.72 Å². The van der Waals surface area contributed by atoms with Crippen LogP contribution in [0.3, 0.4) is 0 Å². The number of carbonyl (C=O) groups excluding carboxylic acids is 1. The smallest absolute Gasteiger partial charge is 0.250 e. The first-order chi connectivity index (χ1) is 8.99. The van der Waals surface area contributed by atoms with Gasteiger partial charge in [-0.05, 0) is 31.2 Å². The van der Waals surface area contributed by atoms with Crippen LogP contribution < -0.4 is 10.5 Å². The standard InChI is InChI=1S/C13H18N2O3S/c14-12(9-6-10-4-2-1-3-5-10)13(16)15-19(17,18)11-7-8-11/h1-5,11-12H,6-9,14H2,(H,15,16). The Labute approximate surface area is 113 Å². The van der Waals surface area contributed by atoms with Gasteiger partial charge in [-0.15, -0.1) is 0 Å². The number of nitrogens with one attached hydrogen (secondary N) is 1. The number of nitrogens with two attached hydrogens (primary N) is 1. The van der Waals surface area contributed by atoms with Crippen LogP contribution in [0.5, 0.6) is 0 Å². The molecule has 1 aliphatic rings. The molecule has 1 saturated carbocycles. The summed E-state index contributed by atoms with van der Waals surface area (Å²) in [5.74, 6) is -0.608. The van der Waals surface area contributed by atoms with Crippen LogP contribution >= 0.6 is 0 Å². The molecule has 3 N–H and O–H groups in total. The monoisotopic (exact) mass is 282 g/mol. The first kappa shape index (κ1) is 14.0. The van der Waals surface area contributed by atoms with E-state index in [1.807, 2.05) is 30.3 Å². The van der Waals surface area contributed by atoms with Gasteiger partial charge in [0.25, 0.3) is 0 Å². The SMILES string of the molecule is NC(CCc1ccccc1)C(=O)NS(=O)(=O)C1CC1. The molecule has 1 unspecified atom stereocenters. The van der Waals surface area contributed by atoms with Gasteiger partial charge in [-0.3, -0.25) is 9.52 Å². The van der Waals surface area contributed by atoms with Crippen LogP contribution in [-0.4, -0.2) is 25.6 Å². The van der Waals surface area contributed by atoms with Crippen molar-refractivity contribution in [2.75, 3.05) is 0 Å². The molecule has 0 heterocycles. The summed E-state index contributed by atoms with van der Waals surface area (Å²) < 4.78 is 25.3. The fourth-order valence-electron chi connectivity index (χ4n) is 1.78. The molecule has 2 rings (SSSR count). The minimum Gasteiger partial charge on any atom is -0.320 e. The van der Waals surface area contributed by atoms with E-state index in [9.17, 15) is 13.2 Å². The first-order valence-electron chi connectivity index (χ1n) is 6.34. The molecule has 0 aromatic heterocycles. The van der Waals surface area contributed by atoms with E-state index in [0.29, 0.717) is 25.7 Å². The normalized spacial score (nSPS) is 16.9. The third-order valence-corrected chi connectivity index (χ3v) is 4.96. The molecule has 104 valence electrons. The van der Waals surface area contributed by atoms with Gasteiger partial charge in [0.05, 0.1) is 11.3 Å². The summed E-state index contributed by atoms with van der Waals surface area (Å²) in [7, 11) is -3.49. The van der Waals surface area contributed by atoms with Crippen LogP contribution in [0, 0.1) is 0 Å². The van der Waals surface area contributed by atoms with Gasteiger partial charge in [0.1, 0.15) is 0 Å². The Morgan fingerprint density at radius 1 is 1.32 bits per heavy atom. The maximum Gasteiger partial charge on any atom is 0.250 e. The van der Waals surface area contributed by atoms with Crippen LogP contribution in [0.25, 0.3) is 0 Å². The molecule has 1 aromatic rings. The maximum atomic E-state index is 11.7. The highest BCUT2D eigenvalue weighted by Crippen LogP contribution is 2.27. The number of amides is 1. The Morgan fingerprint density at radius 2 is 1.95 bits per heavy atom. The minimum atomic E-state index is -3.49. The number of aryl methyl sites for hydroxylation is 1. The number of hydrogen-bond acceptors (Lipinski definition) is 4. The zero-order chi connectivity index (χ0) is 13.9. The van der Waals surface area contributed by atoms with Crippen LogP contribution in [-0.2, 0) is 21.2 Å². The molecular weight excluding hydrogens is 264 g/mol. The van der Waals surface area contributed by atoms with E-state index >= 15 is 0 Å². The van der Waals surface area contributed by atoms with E-state index in [1.54, 1.807) is 0 Å². The first-order valence-corrected chi connectivity index (χ1v) is 7.88. The van der Waals surface area contributed by atoms with Crippen LogP contribution in [0.1, 0.15) is 24.8 Å². The molecule has 0 aliphatic heterocycles. The summed E-state index contributed by atoms with van der Waals surface area (Å²) in [4.78, 5) is 11.7. The lowest BCUT2D eigenvalue weighted by molar-refractivity contribution is -0.120. The summed E-state index contributed by atoms with van der Waals surface area (Å²) >= 11 is 0. The van der Waals surface area contributed by atoms with Crippen LogP contribution in [0.2, 0.25) is 0 Å². The molecule has 1 atom stereocenters. The van der Waals surface area contributed by atoms with Gasteiger partial charge in [-0.25, -0.2) is 8.42 Å². The average Bonchev–Trinajstić information content (AvgIpc) is 3.21. The molecule has 6 heteroatoms. The zero-order valence-electron chi connectivity index (χ0n) is 10.6. The molecule has 0 saturated heterocycles. The van der Waals surface area contributed by atoms with Crippen molar-refractivity contribution in [2.24, 2.45) is 5.73 Å². The Bertz CT molecular complexity index is 538. The minimum absolute atomic E-state index is 0.405. The van der Waals surface area contributed by atoms with Crippen molar-refractivity contribution in [3.63, 3.8) is 0 Å². The van der Waals surface area contributed by atoms with Gasteiger partial charge >= 0.3 is 0 Å². The van der Waals surface area contributed by atoms with E-state index in [4.69, 9.17) is 5.73 Å². The highest BCUT2D eigenvalue weighted by molar-refractivity contribution is 7.90. The number of sulfonamides is 1. The maximum absolute atomic E-state index is 11.7. The molecule has 1 aromatic carbocycles. The number of benzene rings is 1. The average molecular weight is 282 g/mol. The second kappa shape index (κ2) is 5.71. The third-order valence-electron chi connectivity index (χ3n) is 3.13. The predicted molar refractivity (Wildman–Crippen MR) is 72.8 cm³/mol. The molecule has 5 nitrogen and oxygen atoms in total. The van der Waals surface area contributed by atoms with Gasteiger partial charge in [0.15, 0.2) is 0 Å². The Kier molecular flexibility index (Phi) is 4.21. The summed E-state index contributed by atoms with van der Waals surface area (Å²) in [6.45, 7) is 0. The van der Waals surface area contributed by atoms with E-state index in [-0.39, 0.29) is 0 Å². The predicted octanol–water partition coefficient (Wildman–Crippen LogP) is 0.555. The summed E-state index contributed by atoms with van der Waals surface area (Å²) in [6, 6.07) is 8.85. The van der Waals surface area contributed by atoms with Crippen molar-refractivity contribution in [2.45, 2.75) is 37.0 Å². The fraction of sp³-hybridized carbons (Fsp3) is 0.462. The summed E-state index contributed by atoms with van der Waals surface area (Å²) in [5, 5.41) is -0.405. The fourth-order valence-corrected chi connectivity index (χ4v) is 3.13. The molecule has 19 heavy (non-hydrogen) atoms. The molecule has 1 amide bonds. The molecule has 0 bridgehead atoms. The third kappa shape index (κ3) is 4.04. The van der Waals surface area contributed by atoms with E-state index < -0.39 is 27.2 Å². The quantitative estimate of drug-likeness (QED) is 0.797. The molecule has 0 radical (unpaired) electrons. The Hall–Kier alpha value is -1.40. The zero-order valence-corrected chi connectivity index (χ0v) is 11.4. The van der Waals surface area contributed by atoms with E-state index in [0.717, 1.165) is 5.56 Å². The second-order valence-corrected chi connectivity index (χ2v) is 6.80.